The van der Waals surface area contributed by atoms with E-state index in [2.05, 4.69) is 0 Å². The Balaban J connectivity index is 3.39. The predicted molar refractivity (Wildman–Crippen MR) is 55.4 cm³/mol. The van der Waals surface area contributed by atoms with Crippen LogP contribution in [0.2, 0.25) is 0 Å². The Kier molecular flexibility index (Phi) is 7.87. The molecule has 2 atom stereocenters. The fraction of sp³-hybridized carbons (Fsp3) is 0.875. The summed E-state index contributed by atoms with van der Waals surface area (Å²) in [6, 6.07) is -0.815. The smallest absolute Gasteiger partial charge is 0.321 e. The van der Waals surface area contributed by atoms with Gasteiger partial charge in [-0.05, 0) is 6.92 Å². The third-order valence-corrected chi connectivity index (χ3v) is 2.76. The van der Waals surface area contributed by atoms with Gasteiger partial charge in [-0.15, -0.1) is 0 Å². The first-order valence-corrected chi connectivity index (χ1v) is 5.52. The van der Waals surface area contributed by atoms with E-state index in [1.807, 2.05) is 6.92 Å². The summed E-state index contributed by atoms with van der Waals surface area (Å²) < 4.78 is 5.17. The zero-order valence-electron chi connectivity index (χ0n) is 8.18. The van der Waals surface area contributed by atoms with Crippen molar-refractivity contribution in [3.8, 4) is 0 Å². The number of carboxylic acids is 1. The summed E-state index contributed by atoms with van der Waals surface area (Å²) in [5.41, 5.74) is 5.30. The van der Waals surface area contributed by atoms with Gasteiger partial charge in [-0.1, -0.05) is 0 Å². The normalized spacial score (nSPS) is 15.1. The number of thioether (sulfide) groups is 1. The molecule has 0 heterocycles. The van der Waals surface area contributed by atoms with E-state index in [-0.39, 0.29) is 12.7 Å². The van der Waals surface area contributed by atoms with Crippen LogP contribution in [-0.2, 0) is 9.53 Å². The number of hydrogen-bond acceptors (Lipinski definition) is 5. The highest BCUT2D eigenvalue weighted by Crippen LogP contribution is 2.06. The van der Waals surface area contributed by atoms with Crippen LogP contribution in [0.3, 0.4) is 0 Å². The quantitative estimate of drug-likeness (QED) is 0.515. The van der Waals surface area contributed by atoms with E-state index >= 15 is 0 Å². The molecule has 6 heteroatoms. The Morgan fingerprint density at radius 1 is 1.57 bits per heavy atom. The van der Waals surface area contributed by atoms with Crippen LogP contribution in [0, 0.1) is 0 Å². The van der Waals surface area contributed by atoms with Crippen molar-refractivity contribution in [1.29, 1.82) is 0 Å². The summed E-state index contributed by atoms with van der Waals surface area (Å²) in [5.74, 6) is 0.0739. The summed E-state index contributed by atoms with van der Waals surface area (Å²) >= 11 is 1.44. The maximum absolute atomic E-state index is 10.3. The fourth-order valence-corrected chi connectivity index (χ4v) is 1.70. The van der Waals surface area contributed by atoms with Crippen LogP contribution in [0.1, 0.15) is 6.92 Å². The van der Waals surface area contributed by atoms with Crippen LogP contribution < -0.4 is 5.73 Å². The number of carbonyl (C=O) groups is 1. The molecule has 0 aliphatic heterocycles. The molecule has 0 aliphatic rings. The third kappa shape index (κ3) is 7.14. The molecule has 0 amide bonds. The second-order valence-electron chi connectivity index (χ2n) is 2.89. The summed E-state index contributed by atoms with van der Waals surface area (Å²) in [4.78, 5) is 10.3. The number of nitrogens with two attached hydrogens (primary N) is 1. The molecule has 0 saturated carbocycles. The molecule has 0 aromatic carbocycles. The van der Waals surface area contributed by atoms with Gasteiger partial charge in [-0.3, -0.25) is 4.79 Å². The van der Waals surface area contributed by atoms with Crippen molar-refractivity contribution < 1.29 is 19.7 Å². The van der Waals surface area contributed by atoms with Crippen LogP contribution in [0.4, 0.5) is 0 Å². The molecule has 0 rings (SSSR count). The van der Waals surface area contributed by atoms with Gasteiger partial charge >= 0.3 is 5.97 Å². The van der Waals surface area contributed by atoms with E-state index in [0.717, 1.165) is 0 Å². The number of hydrogen-bond donors (Lipinski definition) is 3. The molecule has 14 heavy (non-hydrogen) atoms. The second kappa shape index (κ2) is 8.05. The molecule has 0 spiro atoms. The Bertz CT molecular complexity index is 167. The van der Waals surface area contributed by atoms with Crippen LogP contribution in [0.15, 0.2) is 0 Å². The summed E-state index contributed by atoms with van der Waals surface area (Å²) in [6.45, 7) is 2.19. The van der Waals surface area contributed by atoms with Crippen molar-refractivity contribution in [3.05, 3.63) is 0 Å². The van der Waals surface area contributed by atoms with Gasteiger partial charge in [0.15, 0.2) is 0 Å². The van der Waals surface area contributed by atoms with Crippen LogP contribution in [-0.4, -0.2) is 53.0 Å². The highest BCUT2D eigenvalue weighted by Gasteiger charge is 2.11. The molecule has 4 N–H and O–H groups in total. The van der Waals surface area contributed by atoms with E-state index in [4.69, 9.17) is 20.7 Å². The lowest BCUT2D eigenvalue weighted by molar-refractivity contribution is -0.137. The van der Waals surface area contributed by atoms with Gasteiger partial charge in [0.2, 0.25) is 0 Å². The van der Waals surface area contributed by atoms with Crippen molar-refractivity contribution in [1.82, 2.24) is 0 Å². The van der Waals surface area contributed by atoms with Gasteiger partial charge in [-0.2, -0.15) is 11.8 Å². The third-order valence-electron chi connectivity index (χ3n) is 1.46. The van der Waals surface area contributed by atoms with Crippen molar-refractivity contribution in [2.45, 2.75) is 19.1 Å². The molecular weight excluding hydrogens is 206 g/mol. The Morgan fingerprint density at radius 3 is 2.71 bits per heavy atom. The molecule has 0 radical (unpaired) electrons. The zero-order valence-corrected chi connectivity index (χ0v) is 9.00. The number of aliphatic hydroxyl groups excluding tert-OH is 1. The number of rotatable bonds is 8. The number of aliphatic carboxylic acids is 1. The maximum atomic E-state index is 10.3. The molecule has 5 nitrogen and oxygen atoms in total. The average Bonchev–Trinajstić information content (AvgIpc) is 2.14. The minimum absolute atomic E-state index is 0.00362. The molecule has 0 aliphatic carbocycles. The first-order chi connectivity index (χ1) is 6.57. The molecule has 84 valence electrons. The van der Waals surface area contributed by atoms with Gasteiger partial charge < -0.3 is 20.7 Å². The minimum Gasteiger partial charge on any atom is -0.480 e. The van der Waals surface area contributed by atoms with Crippen molar-refractivity contribution in [3.63, 3.8) is 0 Å². The van der Waals surface area contributed by atoms with E-state index < -0.39 is 12.0 Å². The number of carboxylic acid groups (broad SMARTS) is 1. The molecule has 0 saturated heterocycles. The monoisotopic (exact) mass is 223 g/mol. The first kappa shape index (κ1) is 13.7. The largest absolute Gasteiger partial charge is 0.480 e. The van der Waals surface area contributed by atoms with Crippen LogP contribution in [0.25, 0.3) is 0 Å². The molecule has 0 bridgehead atoms. The summed E-state index contributed by atoms with van der Waals surface area (Å²) in [5, 5.41) is 17.0. The van der Waals surface area contributed by atoms with E-state index in [0.29, 0.717) is 18.1 Å². The Labute approximate surface area is 87.6 Å². The van der Waals surface area contributed by atoms with E-state index in [9.17, 15) is 4.79 Å². The van der Waals surface area contributed by atoms with Gasteiger partial charge in [0, 0.05) is 11.5 Å². The summed E-state index contributed by atoms with van der Waals surface area (Å²) in [7, 11) is 0. The van der Waals surface area contributed by atoms with E-state index in [1.165, 1.54) is 11.8 Å². The van der Waals surface area contributed by atoms with Gasteiger partial charge in [0.1, 0.15) is 6.04 Å². The highest BCUT2D eigenvalue weighted by molar-refractivity contribution is 7.99. The molecule has 0 aromatic rings. The molecule has 0 fully saturated rings. The van der Waals surface area contributed by atoms with Crippen LogP contribution >= 0.6 is 11.8 Å². The van der Waals surface area contributed by atoms with Gasteiger partial charge in [-0.25, -0.2) is 0 Å². The average molecular weight is 223 g/mol. The minimum atomic E-state index is -0.985. The fourth-order valence-electron chi connectivity index (χ4n) is 0.734. The van der Waals surface area contributed by atoms with Gasteiger partial charge in [0.25, 0.3) is 0 Å². The molecule has 2 unspecified atom stereocenters. The van der Waals surface area contributed by atoms with Gasteiger partial charge in [0.05, 0.1) is 19.3 Å². The lowest BCUT2D eigenvalue weighted by Gasteiger charge is -2.12. The Hall–Kier alpha value is -0.300. The molecular formula is C8H17NO4S. The van der Waals surface area contributed by atoms with Crippen molar-refractivity contribution in [2.24, 2.45) is 5.73 Å². The summed E-state index contributed by atoms with van der Waals surface area (Å²) in [6.07, 6.45) is 0.00754. The zero-order chi connectivity index (χ0) is 11.0. The Morgan fingerprint density at radius 2 is 2.21 bits per heavy atom. The second-order valence-corrected chi connectivity index (χ2v) is 3.96. The SMILES string of the molecule is CC(CSCC(N)C(=O)O)OCCO. The maximum Gasteiger partial charge on any atom is 0.321 e. The van der Waals surface area contributed by atoms with Crippen molar-refractivity contribution in [2.75, 3.05) is 24.7 Å². The van der Waals surface area contributed by atoms with E-state index in [1.54, 1.807) is 0 Å². The topological polar surface area (TPSA) is 92.8 Å². The number of aliphatic hydroxyl groups is 1. The first-order valence-electron chi connectivity index (χ1n) is 4.36. The lowest BCUT2D eigenvalue weighted by Crippen LogP contribution is -2.33. The van der Waals surface area contributed by atoms with Crippen molar-refractivity contribution >= 4 is 17.7 Å². The number of ether oxygens (including phenoxy) is 1. The predicted octanol–water partition coefficient (Wildman–Crippen LogP) is -0.471. The highest BCUT2D eigenvalue weighted by atomic mass is 32.2. The standard InChI is InChI=1S/C8H17NO4S/c1-6(13-3-2-10)4-14-5-7(9)8(11)12/h6-7,10H,2-5,9H2,1H3,(H,11,12). The molecule has 0 aromatic heterocycles. The lowest BCUT2D eigenvalue weighted by atomic mass is 10.4. The van der Waals surface area contributed by atoms with Crippen LogP contribution in [0.5, 0.6) is 0 Å².